The molecule has 2 heterocycles. The number of fused-ring (bicyclic) bond motifs is 1. The predicted molar refractivity (Wildman–Crippen MR) is 137 cm³/mol. The molecule has 1 unspecified atom stereocenters. The van der Waals surface area contributed by atoms with Gasteiger partial charge < -0.3 is 14.2 Å². The number of allylic oxidation sites excluding steroid dienone is 1. The van der Waals surface area contributed by atoms with Crippen molar-refractivity contribution in [3.8, 4) is 5.75 Å². The fourth-order valence-electron chi connectivity index (χ4n) is 5.28. The van der Waals surface area contributed by atoms with E-state index in [1.54, 1.807) is 0 Å². The van der Waals surface area contributed by atoms with Crippen LogP contribution >= 0.6 is 0 Å². The number of para-hydroxylation sites is 1. The molecule has 0 spiro atoms. The van der Waals surface area contributed by atoms with Crippen LogP contribution in [-0.4, -0.2) is 30.5 Å². The standard InChI is InChI=1S/C28H35N3O/c1-6-30(7-2)22-16-17-24(26(20-22)32-9-4)28(18-12-13-19-29-28)27-21(5)31(8-3)25-15-11-10-14-23(25)27/h10-17,19-20H,6-9,18H2,1-5H3. The summed E-state index contributed by atoms with van der Waals surface area (Å²) in [6, 6.07) is 15.4. The summed E-state index contributed by atoms with van der Waals surface area (Å²) >= 11 is 0. The molecular formula is C28H35N3O. The molecule has 4 heteroatoms. The maximum Gasteiger partial charge on any atom is 0.127 e. The molecule has 4 rings (SSSR count). The predicted octanol–water partition coefficient (Wildman–Crippen LogP) is 6.49. The second-order valence-electron chi connectivity index (χ2n) is 8.28. The molecule has 32 heavy (non-hydrogen) atoms. The third kappa shape index (κ3) is 3.52. The SMILES string of the molecule is CCOc1cc(N(CC)CC)ccc1C1(c2c(C)n(CC)c3ccccc23)CC=CC=N1. The summed E-state index contributed by atoms with van der Waals surface area (Å²) < 4.78 is 8.68. The van der Waals surface area contributed by atoms with Crippen molar-refractivity contribution in [2.45, 2.75) is 53.1 Å². The van der Waals surface area contributed by atoms with E-state index in [1.807, 2.05) is 6.21 Å². The maximum atomic E-state index is 6.27. The van der Waals surface area contributed by atoms with Crippen LogP contribution in [0.4, 0.5) is 5.69 Å². The third-order valence-corrected chi connectivity index (χ3v) is 6.73. The normalized spacial score (nSPS) is 17.8. The Hall–Kier alpha value is -3.01. The number of ether oxygens (including phenoxy) is 1. The average Bonchev–Trinajstić information content (AvgIpc) is 3.12. The number of dihydropyridines is 1. The summed E-state index contributed by atoms with van der Waals surface area (Å²) in [5, 5.41) is 1.27. The van der Waals surface area contributed by atoms with Gasteiger partial charge in [0.1, 0.15) is 11.3 Å². The number of hydrogen-bond donors (Lipinski definition) is 0. The molecule has 0 saturated heterocycles. The van der Waals surface area contributed by atoms with Gasteiger partial charge in [-0.1, -0.05) is 30.3 Å². The zero-order valence-corrected chi connectivity index (χ0v) is 20.1. The van der Waals surface area contributed by atoms with Gasteiger partial charge in [0.15, 0.2) is 0 Å². The van der Waals surface area contributed by atoms with Crippen molar-refractivity contribution in [3.05, 3.63) is 71.4 Å². The van der Waals surface area contributed by atoms with E-state index in [1.165, 1.54) is 27.8 Å². The van der Waals surface area contributed by atoms with Crippen molar-refractivity contribution in [2.24, 2.45) is 4.99 Å². The first-order valence-electron chi connectivity index (χ1n) is 11.9. The lowest BCUT2D eigenvalue weighted by Crippen LogP contribution is -2.29. The Morgan fingerprint density at radius 3 is 2.50 bits per heavy atom. The van der Waals surface area contributed by atoms with Crippen molar-refractivity contribution in [3.63, 3.8) is 0 Å². The average molecular weight is 430 g/mol. The Labute approximate surface area is 192 Å². The van der Waals surface area contributed by atoms with Crippen LogP contribution < -0.4 is 9.64 Å². The maximum absolute atomic E-state index is 6.27. The molecule has 1 aromatic heterocycles. The topological polar surface area (TPSA) is 29.8 Å². The van der Waals surface area contributed by atoms with Gasteiger partial charge in [-0.15, -0.1) is 0 Å². The fourth-order valence-corrected chi connectivity index (χ4v) is 5.28. The molecule has 1 atom stereocenters. The summed E-state index contributed by atoms with van der Waals surface area (Å²) in [7, 11) is 0. The van der Waals surface area contributed by atoms with Gasteiger partial charge in [0, 0.05) is 65.3 Å². The van der Waals surface area contributed by atoms with Gasteiger partial charge in [-0.3, -0.25) is 4.99 Å². The molecule has 3 aromatic rings. The highest BCUT2D eigenvalue weighted by molar-refractivity contribution is 5.89. The van der Waals surface area contributed by atoms with Gasteiger partial charge in [0.05, 0.1) is 6.61 Å². The molecule has 2 aromatic carbocycles. The quantitative estimate of drug-likeness (QED) is 0.410. The zero-order chi connectivity index (χ0) is 22.7. The van der Waals surface area contributed by atoms with Crippen molar-refractivity contribution in [1.29, 1.82) is 0 Å². The first-order chi connectivity index (χ1) is 15.6. The molecule has 0 aliphatic carbocycles. The van der Waals surface area contributed by atoms with Gasteiger partial charge in [-0.05, 0) is 59.2 Å². The molecular weight excluding hydrogens is 394 g/mol. The van der Waals surface area contributed by atoms with Gasteiger partial charge in [0.25, 0.3) is 0 Å². The number of aliphatic imine (C=N–C) groups is 1. The largest absolute Gasteiger partial charge is 0.493 e. The van der Waals surface area contributed by atoms with Crippen molar-refractivity contribution in [1.82, 2.24) is 4.57 Å². The first-order valence-corrected chi connectivity index (χ1v) is 11.9. The summed E-state index contributed by atoms with van der Waals surface area (Å²) in [5.41, 5.74) is 5.65. The second kappa shape index (κ2) is 9.23. The van der Waals surface area contributed by atoms with E-state index in [4.69, 9.17) is 9.73 Å². The van der Waals surface area contributed by atoms with Crippen molar-refractivity contribution >= 4 is 22.8 Å². The minimum absolute atomic E-state index is 0.509. The summed E-state index contributed by atoms with van der Waals surface area (Å²) in [6.07, 6.45) is 7.05. The highest BCUT2D eigenvalue weighted by Gasteiger charge is 2.40. The highest BCUT2D eigenvalue weighted by Crippen LogP contribution is 2.48. The van der Waals surface area contributed by atoms with Gasteiger partial charge >= 0.3 is 0 Å². The van der Waals surface area contributed by atoms with E-state index in [2.05, 4.69) is 98.7 Å². The van der Waals surface area contributed by atoms with Gasteiger partial charge in [-0.2, -0.15) is 0 Å². The van der Waals surface area contributed by atoms with Crippen LogP contribution in [0.2, 0.25) is 0 Å². The van der Waals surface area contributed by atoms with Gasteiger partial charge in [0.2, 0.25) is 0 Å². The number of anilines is 1. The lowest BCUT2D eigenvalue weighted by Gasteiger charge is -2.34. The van der Waals surface area contributed by atoms with Crippen LogP contribution in [0.1, 0.15) is 50.9 Å². The molecule has 168 valence electrons. The number of aryl methyl sites for hydroxylation is 1. The Morgan fingerprint density at radius 2 is 1.84 bits per heavy atom. The summed E-state index contributed by atoms with van der Waals surface area (Å²) in [6.45, 7) is 14.4. The second-order valence-corrected chi connectivity index (χ2v) is 8.28. The summed E-state index contributed by atoms with van der Waals surface area (Å²) in [5.74, 6) is 0.928. The smallest absolute Gasteiger partial charge is 0.127 e. The lowest BCUT2D eigenvalue weighted by atomic mass is 9.77. The monoisotopic (exact) mass is 429 g/mol. The van der Waals surface area contributed by atoms with E-state index >= 15 is 0 Å². The van der Waals surface area contributed by atoms with Crippen LogP contribution in [0.3, 0.4) is 0 Å². The van der Waals surface area contributed by atoms with Crippen molar-refractivity contribution in [2.75, 3.05) is 24.6 Å². The minimum atomic E-state index is -0.509. The number of nitrogens with zero attached hydrogens (tertiary/aromatic N) is 3. The van der Waals surface area contributed by atoms with Crippen molar-refractivity contribution < 1.29 is 4.74 Å². The van der Waals surface area contributed by atoms with E-state index in [-0.39, 0.29) is 0 Å². The van der Waals surface area contributed by atoms with Crippen LogP contribution in [0.5, 0.6) is 5.75 Å². The minimum Gasteiger partial charge on any atom is -0.493 e. The Morgan fingerprint density at radius 1 is 1.06 bits per heavy atom. The van der Waals surface area contributed by atoms with E-state index < -0.39 is 5.54 Å². The summed E-state index contributed by atoms with van der Waals surface area (Å²) in [4.78, 5) is 7.56. The molecule has 0 saturated carbocycles. The van der Waals surface area contributed by atoms with Crippen LogP contribution in [0.15, 0.2) is 59.6 Å². The van der Waals surface area contributed by atoms with E-state index in [0.29, 0.717) is 6.61 Å². The molecule has 0 fully saturated rings. The highest BCUT2D eigenvalue weighted by atomic mass is 16.5. The number of benzene rings is 2. The Bertz CT molecular complexity index is 1150. The Kier molecular flexibility index (Phi) is 6.40. The lowest BCUT2D eigenvalue weighted by molar-refractivity contribution is 0.329. The zero-order valence-electron chi connectivity index (χ0n) is 20.1. The number of aromatic nitrogens is 1. The molecule has 0 bridgehead atoms. The molecule has 1 aliphatic heterocycles. The van der Waals surface area contributed by atoms with Crippen LogP contribution in [0, 0.1) is 6.92 Å². The molecule has 0 amide bonds. The van der Waals surface area contributed by atoms with Crippen LogP contribution in [0.25, 0.3) is 10.9 Å². The van der Waals surface area contributed by atoms with E-state index in [9.17, 15) is 0 Å². The third-order valence-electron chi connectivity index (χ3n) is 6.73. The molecule has 1 aliphatic rings. The first kappa shape index (κ1) is 22.2. The molecule has 0 radical (unpaired) electrons. The Balaban J connectivity index is 2.01. The van der Waals surface area contributed by atoms with E-state index in [0.717, 1.165) is 37.4 Å². The number of rotatable bonds is 8. The van der Waals surface area contributed by atoms with Crippen LogP contribution in [-0.2, 0) is 12.1 Å². The molecule has 0 N–H and O–H groups in total. The van der Waals surface area contributed by atoms with Gasteiger partial charge in [-0.25, -0.2) is 0 Å². The number of hydrogen-bond acceptors (Lipinski definition) is 3. The molecule has 4 nitrogen and oxygen atoms in total. The fraction of sp³-hybridized carbons (Fsp3) is 0.393.